The standard InChI is InChI=1S/C18H24N6O/c1-13(15-8-11-20-22-15)4-2-3-5-18(25)21-17-12-16(23-24-17)14-6-9-19-10-7-14/h2-4,8,11-12,14,19H,5-7,9-10H2,1H3,(H,20,22)(H2,21,23,24,25)/b3-2-,13-4+. The van der Waals surface area contributed by atoms with E-state index < -0.39 is 0 Å². The number of piperidine rings is 1. The van der Waals surface area contributed by atoms with Crippen molar-refractivity contribution in [3.05, 3.63) is 47.9 Å². The second-order valence-corrected chi connectivity index (χ2v) is 6.23. The van der Waals surface area contributed by atoms with Crippen molar-refractivity contribution < 1.29 is 4.79 Å². The summed E-state index contributed by atoms with van der Waals surface area (Å²) in [4.78, 5) is 12.0. The molecule has 3 heterocycles. The number of rotatable bonds is 6. The number of anilines is 1. The van der Waals surface area contributed by atoms with Crippen molar-refractivity contribution in [2.75, 3.05) is 18.4 Å². The van der Waals surface area contributed by atoms with E-state index in [0.717, 1.165) is 42.9 Å². The predicted molar refractivity (Wildman–Crippen MR) is 98.1 cm³/mol. The molecule has 0 unspecified atom stereocenters. The van der Waals surface area contributed by atoms with Crippen LogP contribution >= 0.6 is 0 Å². The largest absolute Gasteiger partial charge is 0.317 e. The molecule has 1 saturated heterocycles. The second-order valence-electron chi connectivity index (χ2n) is 6.23. The van der Waals surface area contributed by atoms with Crippen molar-refractivity contribution in [1.29, 1.82) is 0 Å². The average Bonchev–Trinajstić information content (AvgIpc) is 3.31. The van der Waals surface area contributed by atoms with Gasteiger partial charge >= 0.3 is 0 Å². The fourth-order valence-corrected chi connectivity index (χ4v) is 2.89. The number of nitrogens with one attached hydrogen (secondary N) is 4. The Morgan fingerprint density at radius 1 is 1.36 bits per heavy atom. The van der Waals surface area contributed by atoms with Gasteiger partial charge in [0.15, 0.2) is 5.82 Å². The molecule has 0 aliphatic carbocycles. The number of H-pyrrole nitrogens is 2. The van der Waals surface area contributed by atoms with Gasteiger partial charge in [0.1, 0.15) is 0 Å². The molecule has 7 heteroatoms. The zero-order valence-electron chi connectivity index (χ0n) is 14.4. The van der Waals surface area contributed by atoms with E-state index in [4.69, 9.17) is 0 Å². The van der Waals surface area contributed by atoms with Crippen LogP contribution in [0.5, 0.6) is 0 Å². The van der Waals surface area contributed by atoms with Crippen LogP contribution in [0.25, 0.3) is 5.57 Å². The Labute approximate surface area is 147 Å². The summed E-state index contributed by atoms with van der Waals surface area (Å²) in [6.07, 6.45) is 9.87. The molecule has 1 aliphatic heterocycles. The number of carbonyl (C=O) groups excluding carboxylic acids is 1. The maximum atomic E-state index is 12.0. The minimum atomic E-state index is -0.0767. The molecule has 0 bridgehead atoms. The van der Waals surface area contributed by atoms with Gasteiger partial charge < -0.3 is 10.6 Å². The van der Waals surface area contributed by atoms with Crippen molar-refractivity contribution >= 4 is 17.3 Å². The SMILES string of the molecule is C/C(=C\C=C/CC(=O)Nc1cc(C2CCNCC2)[nH]n1)c1ccn[nH]1. The van der Waals surface area contributed by atoms with Crippen molar-refractivity contribution in [1.82, 2.24) is 25.7 Å². The molecule has 25 heavy (non-hydrogen) atoms. The summed E-state index contributed by atoms with van der Waals surface area (Å²) in [5.41, 5.74) is 3.13. The molecule has 4 N–H and O–H groups in total. The lowest BCUT2D eigenvalue weighted by molar-refractivity contribution is -0.115. The van der Waals surface area contributed by atoms with E-state index in [1.165, 1.54) is 0 Å². The smallest absolute Gasteiger partial charge is 0.229 e. The van der Waals surface area contributed by atoms with Crippen LogP contribution in [0.15, 0.2) is 36.6 Å². The molecule has 0 radical (unpaired) electrons. The van der Waals surface area contributed by atoms with E-state index in [2.05, 4.69) is 31.0 Å². The number of amides is 1. The van der Waals surface area contributed by atoms with Crippen LogP contribution in [-0.4, -0.2) is 39.4 Å². The third-order valence-corrected chi connectivity index (χ3v) is 4.36. The molecule has 1 fully saturated rings. The van der Waals surface area contributed by atoms with Crippen molar-refractivity contribution in [3.8, 4) is 0 Å². The van der Waals surface area contributed by atoms with Gasteiger partial charge in [-0.2, -0.15) is 10.2 Å². The monoisotopic (exact) mass is 340 g/mol. The third kappa shape index (κ3) is 4.90. The van der Waals surface area contributed by atoms with Crippen molar-refractivity contribution in [3.63, 3.8) is 0 Å². The van der Waals surface area contributed by atoms with Gasteiger partial charge in [-0.05, 0) is 44.5 Å². The number of hydrogen-bond acceptors (Lipinski definition) is 4. The van der Waals surface area contributed by atoms with E-state index in [-0.39, 0.29) is 5.91 Å². The van der Waals surface area contributed by atoms with E-state index in [9.17, 15) is 4.79 Å². The minimum absolute atomic E-state index is 0.0767. The number of hydrogen-bond donors (Lipinski definition) is 4. The first-order valence-corrected chi connectivity index (χ1v) is 8.61. The molecule has 0 spiro atoms. The van der Waals surface area contributed by atoms with E-state index in [1.807, 2.05) is 37.3 Å². The van der Waals surface area contributed by atoms with Gasteiger partial charge in [-0.1, -0.05) is 18.2 Å². The van der Waals surface area contributed by atoms with E-state index in [1.54, 1.807) is 6.20 Å². The molecule has 2 aromatic heterocycles. The lowest BCUT2D eigenvalue weighted by Crippen LogP contribution is -2.26. The fraction of sp³-hybridized carbons (Fsp3) is 0.389. The topological polar surface area (TPSA) is 98.5 Å². The average molecular weight is 340 g/mol. The van der Waals surface area contributed by atoms with Gasteiger partial charge in [-0.3, -0.25) is 15.0 Å². The van der Waals surface area contributed by atoms with Crippen LogP contribution in [0.4, 0.5) is 5.82 Å². The van der Waals surface area contributed by atoms with Gasteiger partial charge in [0, 0.05) is 30.3 Å². The predicted octanol–water partition coefficient (Wildman–Crippen LogP) is 2.59. The molecule has 0 saturated carbocycles. The molecule has 1 amide bonds. The van der Waals surface area contributed by atoms with Gasteiger partial charge in [0.05, 0.1) is 5.69 Å². The number of aromatic amines is 2. The maximum Gasteiger partial charge on any atom is 0.229 e. The van der Waals surface area contributed by atoms with Crippen LogP contribution in [-0.2, 0) is 4.79 Å². The van der Waals surface area contributed by atoms with Crippen LogP contribution in [0, 0.1) is 0 Å². The Morgan fingerprint density at radius 2 is 2.20 bits per heavy atom. The summed E-state index contributed by atoms with van der Waals surface area (Å²) in [5, 5.41) is 20.2. The number of allylic oxidation sites excluding steroid dienone is 3. The molecule has 0 aromatic carbocycles. The molecule has 132 valence electrons. The highest BCUT2D eigenvalue weighted by atomic mass is 16.1. The Bertz CT molecular complexity index is 737. The molecular weight excluding hydrogens is 316 g/mol. The lowest BCUT2D eigenvalue weighted by Gasteiger charge is -2.20. The molecule has 3 rings (SSSR count). The normalized spacial score (nSPS) is 16.4. The highest BCUT2D eigenvalue weighted by Gasteiger charge is 2.17. The first kappa shape index (κ1) is 17.2. The van der Waals surface area contributed by atoms with Crippen LogP contribution < -0.4 is 10.6 Å². The Kier molecular flexibility index (Phi) is 5.79. The summed E-state index contributed by atoms with van der Waals surface area (Å²) < 4.78 is 0. The zero-order valence-corrected chi connectivity index (χ0v) is 14.4. The first-order chi connectivity index (χ1) is 12.2. The second kappa shape index (κ2) is 8.43. The Morgan fingerprint density at radius 3 is 2.96 bits per heavy atom. The first-order valence-electron chi connectivity index (χ1n) is 8.61. The number of carbonyl (C=O) groups is 1. The Hall–Kier alpha value is -2.67. The highest BCUT2D eigenvalue weighted by molar-refractivity contribution is 5.90. The molecular formula is C18H24N6O. The van der Waals surface area contributed by atoms with Gasteiger partial charge in [-0.25, -0.2) is 0 Å². The lowest BCUT2D eigenvalue weighted by atomic mass is 9.95. The van der Waals surface area contributed by atoms with Gasteiger partial charge in [0.2, 0.25) is 5.91 Å². The summed E-state index contributed by atoms with van der Waals surface area (Å²) in [5.74, 6) is 1.01. The molecule has 2 aromatic rings. The highest BCUT2D eigenvalue weighted by Crippen LogP contribution is 2.24. The summed E-state index contributed by atoms with van der Waals surface area (Å²) in [7, 11) is 0. The van der Waals surface area contributed by atoms with Gasteiger partial charge in [-0.15, -0.1) is 0 Å². The molecule has 0 atom stereocenters. The molecule has 7 nitrogen and oxygen atoms in total. The maximum absolute atomic E-state index is 12.0. The van der Waals surface area contributed by atoms with Crippen LogP contribution in [0.3, 0.4) is 0 Å². The molecule has 1 aliphatic rings. The summed E-state index contributed by atoms with van der Waals surface area (Å²) in [6.45, 7) is 4.05. The summed E-state index contributed by atoms with van der Waals surface area (Å²) in [6, 6.07) is 3.85. The van der Waals surface area contributed by atoms with Crippen molar-refractivity contribution in [2.24, 2.45) is 0 Å². The van der Waals surface area contributed by atoms with Crippen LogP contribution in [0.1, 0.15) is 43.5 Å². The number of aromatic nitrogens is 4. The van der Waals surface area contributed by atoms with Crippen LogP contribution in [0.2, 0.25) is 0 Å². The quantitative estimate of drug-likeness (QED) is 0.608. The third-order valence-electron chi connectivity index (χ3n) is 4.36. The van der Waals surface area contributed by atoms with Gasteiger partial charge in [0.25, 0.3) is 0 Å². The zero-order chi connectivity index (χ0) is 17.5. The number of nitrogens with zero attached hydrogens (tertiary/aromatic N) is 2. The Balaban J connectivity index is 1.47. The van der Waals surface area contributed by atoms with E-state index >= 15 is 0 Å². The fourth-order valence-electron chi connectivity index (χ4n) is 2.89. The van der Waals surface area contributed by atoms with E-state index in [0.29, 0.717) is 18.2 Å². The summed E-state index contributed by atoms with van der Waals surface area (Å²) >= 11 is 0. The minimum Gasteiger partial charge on any atom is -0.317 e. The van der Waals surface area contributed by atoms with Crippen molar-refractivity contribution in [2.45, 2.75) is 32.1 Å².